The van der Waals surface area contributed by atoms with Crippen molar-refractivity contribution in [2.24, 2.45) is 0 Å². The summed E-state index contributed by atoms with van der Waals surface area (Å²) in [5, 5.41) is 13.2. The fourth-order valence-corrected chi connectivity index (χ4v) is 3.52. The lowest BCUT2D eigenvalue weighted by Gasteiger charge is -2.21. The second kappa shape index (κ2) is 7.38. The van der Waals surface area contributed by atoms with Crippen molar-refractivity contribution >= 4 is 17.7 Å². The van der Waals surface area contributed by atoms with Crippen LogP contribution in [0.25, 0.3) is 0 Å². The molecule has 0 unspecified atom stereocenters. The SMILES string of the molecule is CC(C)(C)NC(=O)CSc1nc(O)c(C2CCCCC2)c(=O)[nH]1. The summed E-state index contributed by atoms with van der Waals surface area (Å²) >= 11 is 1.11. The van der Waals surface area contributed by atoms with Crippen molar-refractivity contribution in [2.75, 3.05) is 5.75 Å². The Morgan fingerprint density at radius 3 is 2.57 bits per heavy atom. The third-order valence-corrected chi connectivity index (χ3v) is 4.65. The van der Waals surface area contributed by atoms with E-state index in [0.29, 0.717) is 5.56 Å². The second-order valence-electron chi connectivity index (χ2n) is 7.03. The Hall–Kier alpha value is -1.50. The number of hydrogen-bond donors (Lipinski definition) is 3. The van der Waals surface area contributed by atoms with E-state index < -0.39 is 0 Å². The van der Waals surface area contributed by atoms with E-state index >= 15 is 0 Å². The molecule has 6 nitrogen and oxygen atoms in total. The number of nitrogens with zero attached hydrogens (tertiary/aromatic N) is 1. The normalized spacial score (nSPS) is 16.3. The minimum absolute atomic E-state index is 0.0863. The summed E-state index contributed by atoms with van der Waals surface area (Å²) in [7, 11) is 0. The van der Waals surface area contributed by atoms with E-state index in [-0.39, 0.29) is 39.7 Å². The summed E-state index contributed by atoms with van der Waals surface area (Å²) in [4.78, 5) is 30.8. The Kier molecular flexibility index (Phi) is 5.73. The largest absolute Gasteiger partial charge is 0.493 e. The summed E-state index contributed by atoms with van der Waals surface area (Å²) in [6.45, 7) is 5.71. The van der Waals surface area contributed by atoms with Crippen LogP contribution in [-0.4, -0.2) is 32.3 Å². The van der Waals surface area contributed by atoms with Crippen LogP contribution >= 0.6 is 11.8 Å². The first kappa shape index (κ1) is 17.8. The van der Waals surface area contributed by atoms with Gasteiger partial charge in [0.25, 0.3) is 5.56 Å². The molecule has 1 aromatic rings. The van der Waals surface area contributed by atoms with Gasteiger partial charge in [-0.1, -0.05) is 31.0 Å². The fourth-order valence-electron chi connectivity index (χ4n) is 2.87. The molecule has 0 radical (unpaired) electrons. The zero-order valence-electron chi connectivity index (χ0n) is 13.9. The summed E-state index contributed by atoms with van der Waals surface area (Å²) < 4.78 is 0. The number of aromatic nitrogens is 2. The minimum Gasteiger partial charge on any atom is -0.493 e. The molecule has 2 rings (SSSR count). The van der Waals surface area contributed by atoms with Crippen molar-refractivity contribution in [1.82, 2.24) is 15.3 Å². The van der Waals surface area contributed by atoms with Gasteiger partial charge in [-0.3, -0.25) is 9.59 Å². The van der Waals surface area contributed by atoms with Crippen LogP contribution < -0.4 is 10.9 Å². The average molecular weight is 339 g/mol. The van der Waals surface area contributed by atoms with Crippen molar-refractivity contribution in [3.63, 3.8) is 0 Å². The summed E-state index contributed by atoms with van der Waals surface area (Å²) in [6, 6.07) is 0. The van der Waals surface area contributed by atoms with Gasteiger partial charge in [-0.15, -0.1) is 0 Å². The molecule has 23 heavy (non-hydrogen) atoms. The van der Waals surface area contributed by atoms with Gasteiger partial charge in [0.1, 0.15) is 0 Å². The zero-order chi connectivity index (χ0) is 17.0. The van der Waals surface area contributed by atoms with E-state index in [4.69, 9.17) is 0 Å². The van der Waals surface area contributed by atoms with Gasteiger partial charge in [-0.25, -0.2) is 0 Å². The number of aromatic amines is 1. The van der Waals surface area contributed by atoms with Crippen LogP contribution in [0.3, 0.4) is 0 Å². The molecule has 0 bridgehead atoms. The zero-order valence-corrected chi connectivity index (χ0v) is 14.8. The molecule has 0 saturated heterocycles. The van der Waals surface area contributed by atoms with E-state index in [2.05, 4.69) is 15.3 Å². The standard InChI is InChI=1S/C16H25N3O3S/c1-16(2,3)19-11(20)9-23-15-17-13(21)12(14(22)18-15)10-7-5-4-6-8-10/h10H,4-9H2,1-3H3,(H,19,20)(H2,17,18,21,22). The van der Waals surface area contributed by atoms with E-state index in [1.54, 1.807) is 0 Å². The Morgan fingerprint density at radius 2 is 2.00 bits per heavy atom. The molecule has 1 saturated carbocycles. The van der Waals surface area contributed by atoms with Crippen LogP contribution in [0.15, 0.2) is 9.95 Å². The number of carbonyl (C=O) groups is 1. The highest BCUT2D eigenvalue weighted by molar-refractivity contribution is 7.99. The van der Waals surface area contributed by atoms with Crippen LogP contribution in [0.1, 0.15) is 64.4 Å². The maximum Gasteiger partial charge on any atom is 0.258 e. The van der Waals surface area contributed by atoms with Gasteiger partial charge in [0, 0.05) is 5.54 Å². The number of amides is 1. The molecule has 1 amide bonds. The van der Waals surface area contributed by atoms with E-state index in [9.17, 15) is 14.7 Å². The van der Waals surface area contributed by atoms with Gasteiger partial charge in [0.15, 0.2) is 5.16 Å². The van der Waals surface area contributed by atoms with Crippen molar-refractivity contribution in [1.29, 1.82) is 0 Å². The van der Waals surface area contributed by atoms with Crippen LogP contribution in [0.4, 0.5) is 0 Å². The lowest BCUT2D eigenvalue weighted by atomic mass is 9.85. The lowest BCUT2D eigenvalue weighted by Crippen LogP contribution is -2.41. The molecule has 1 fully saturated rings. The fraction of sp³-hybridized carbons (Fsp3) is 0.688. The minimum atomic E-state index is -0.300. The van der Waals surface area contributed by atoms with E-state index in [1.807, 2.05) is 20.8 Å². The average Bonchev–Trinajstić information content (AvgIpc) is 2.44. The Labute approximate surface area is 140 Å². The van der Waals surface area contributed by atoms with Gasteiger partial charge >= 0.3 is 0 Å². The maximum atomic E-state index is 12.3. The number of thioether (sulfide) groups is 1. The molecule has 0 aromatic carbocycles. The smallest absolute Gasteiger partial charge is 0.258 e. The van der Waals surface area contributed by atoms with Crippen LogP contribution in [0.2, 0.25) is 0 Å². The van der Waals surface area contributed by atoms with Crippen LogP contribution in [0, 0.1) is 0 Å². The monoisotopic (exact) mass is 339 g/mol. The number of aromatic hydroxyl groups is 1. The summed E-state index contributed by atoms with van der Waals surface area (Å²) in [5.41, 5.74) is -0.192. The number of H-pyrrole nitrogens is 1. The summed E-state index contributed by atoms with van der Waals surface area (Å²) in [5.74, 6) is -0.105. The second-order valence-corrected chi connectivity index (χ2v) is 7.99. The maximum absolute atomic E-state index is 12.3. The third kappa shape index (κ3) is 5.27. The molecule has 128 valence electrons. The van der Waals surface area contributed by atoms with Gasteiger partial charge in [-0.2, -0.15) is 4.98 Å². The highest BCUT2D eigenvalue weighted by Gasteiger charge is 2.23. The highest BCUT2D eigenvalue weighted by atomic mass is 32.2. The van der Waals surface area contributed by atoms with Crippen LogP contribution in [0.5, 0.6) is 5.88 Å². The van der Waals surface area contributed by atoms with E-state index in [0.717, 1.165) is 37.4 Å². The highest BCUT2D eigenvalue weighted by Crippen LogP contribution is 2.34. The molecule has 7 heteroatoms. The Balaban J connectivity index is 2.05. The molecule has 1 aromatic heterocycles. The third-order valence-electron chi connectivity index (χ3n) is 3.78. The summed E-state index contributed by atoms with van der Waals surface area (Å²) in [6.07, 6.45) is 5.16. The molecular weight excluding hydrogens is 314 g/mol. The van der Waals surface area contributed by atoms with Crippen molar-refractivity contribution in [3.8, 4) is 5.88 Å². The number of hydrogen-bond acceptors (Lipinski definition) is 5. The first-order valence-electron chi connectivity index (χ1n) is 8.03. The first-order valence-corrected chi connectivity index (χ1v) is 9.02. The van der Waals surface area contributed by atoms with Gasteiger partial charge < -0.3 is 15.4 Å². The predicted octanol–water partition coefficient (Wildman–Crippen LogP) is 2.53. The van der Waals surface area contributed by atoms with Gasteiger partial charge in [-0.05, 0) is 39.5 Å². The number of rotatable bonds is 4. The van der Waals surface area contributed by atoms with Crippen molar-refractivity contribution < 1.29 is 9.90 Å². The topological polar surface area (TPSA) is 95.1 Å². The van der Waals surface area contributed by atoms with Gasteiger partial charge in [0.2, 0.25) is 11.8 Å². The lowest BCUT2D eigenvalue weighted by molar-refractivity contribution is -0.119. The van der Waals surface area contributed by atoms with E-state index in [1.165, 1.54) is 6.42 Å². The Bertz CT molecular complexity index is 616. The first-order chi connectivity index (χ1) is 10.8. The molecule has 0 spiro atoms. The molecule has 3 N–H and O–H groups in total. The predicted molar refractivity (Wildman–Crippen MR) is 91.0 cm³/mol. The van der Waals surface area contributed by atoms with Gasteiger partial charge in [0.05, 0.1) is 11.3 Å². The molecule has 1 aliphatic rings. The van der Waals surface area contributed by atoms with Crippen LogP contribution in [-0.2, 0) is 4.79 Å². The number of nitrogens with one attached hydrogen (secondary N) is 2. The molecule has 0 atom stereocenters. The van der Waals surface area contributed by atoms with Crippen molar-refractivity contribution in [3.05, 3.63) is 15.9 Å². The molecule has 0 aliphatic heterocycles. The quantitative estimate of drug-likeness (QED) is 0.579. The molecule has 1 aliphatic carbocycles. The molecular formula is C16H25N3O3S. The van der Waals surface area contributed by atoms with Crippen molar-refractivity contribution in [2.45, 2.75) is 69.5 Å². The molecule has 1 heterocycles. The Morgan fingerprint density at radius 1 is 1.35 bits per heavy atom. The number of carbonyl (C=O) groups excluding carboxylic acids is 1.